The molecule has 142 valence electrons. The number of rotatable bonds is 6. The Morgan fingerprint density at radius 1 is 1.07 bits per heavy atom. The van der Waals surface area contributed by atoms with Crippen LogP contribution >= 0.6 is 0 Å². The minimum Gasteiger partial charge on any atom is -0.497 e. The minimum atomic E-state index is -0.178. The van der Waals surface area contributed by atoms with E-state index in [4.69, 9.17) is 10.5 Å². The highest BCUT2D eigenvalue weighted by molar-refractivity contribution is 6.00. The van der Waals surface area contributed by atoms with E-state index in [9.17, 15) is 5.11 Å². The first-order chi connectivity index (χ1) is 13.7. The van der Waals surface area contributed by atoms with E-state index in [0.717, 1.165) is 33.5 Å². The number of nitrogen functional groups attached to an aromatic ring is 1. The first-order valence-corrected chi connectivity index (χ1v) is 9.11. The van der Waals surface area contributed by atoms with E-state index in [0.29, 0.717) is 12.2 Å². The van der Waals surface area contributed by atoms with Gasteiger partial charge in [0.05, 0.1) is 25.1 Å². The lowest BCUT2D eigenvalue weighted by molar-refractivity contribution is 0.230. The van der Waals surface area contributed by atoms with E-state index in [-0.39, 0.29) is 12.6 Å². The van der Waals surface area contributed by atoms with Gasteiger partial charge < -0.3 is 20.1 Å². The number of fused-ring (bicyclic) bond motifs is 1. The number of aromatic nitrogens is 3. The third-order valence-corrected chi connectivity index (χ3v) is 4.96. The number of methoxy groups -OCH3 is 1. The maximum absolute atomic E-state index is 10.1. The van der Waals surface area contributed by atoms with E-state index in [2.05, 4.69) is 9.97 Å². The molecule has 0 aliphatic heterocycles. The van der Waals surface area contributed by atoms with Crippen molar-refractivity contribution < 1.29 is 9.84 Å². The van der Waals surface area contributed by atoms with Crippen molar-refractivity contribution in [3.8, 4) is 16.9 Å². The Labute approximate surface area is 163 Å². The number of ether oxygens (including phenoxy) is 1. The molecule has 2 aromatic carbocycles. The van der Waals surface area contributed by atoms with Crippen LogP contribution in [-0.2, 0) is 6.42 Å². The lowest BCUT2D eigenvalue weighted by atomic mass is 10.1. The molecule has 0 radical (unpaired) electrons. The fourth-order valence-corrected chi connectivity index (χ4v) is 3.51. The molecule has 0 saturated carbocycles. The molecule has 0 unspecified atom stereocenters. The molecular formula is C22H22N4O2. The molecule has 0 bridgehead atoms. The molecule has 0 spiro atoms. The summed E-state index contributed by atoms with van der Waals surface area (Å²) in [5, 5.41) is 10.9. The van der Waals surface area contributed by atoms with Gasteiger partial charge in [-0.2, -0.15) is 0 Å². The molecular weight excluding hydrogens is 352 g/mol. The molecule has 0 aliphatic carbocycles. The van der Waals surface area contributed by atoms with E-state index >= 15 is 0 Å². The van der Waals surface area contributed by atoms with Crippen molar-refractivity contribution in [3.05, 3.63) is 72.7 Å². The summed E-state index contributed by atoms with van der Waals surface area (Å²) in [6, 6.07) is 17.7. The van der Waals surface area contributed by atoms with Gasteiger partial charge in [0.25, 0.3) is 0 Å². The minimum absolute atomic E-state index is 0.0199. The quantitative estimate of drug-likeness (QED) is 0.540. The lowest BCUT2D eigenvalue weighted by Gasteiger charge is -2.17. The smallest absolute Gasteiger partial charge is 0.146 e. The van der Waals surface area contributed by atoms with Gasteiger partial charge in [0.15, 0.2) is 0 Å². The Morgan fingerprint density at radius 2 is 1.82 bits per heavy atom. The van der Waals surface area contributed by atoms with E-state index < -0.39 is 0 Å². The van der Waals surface area contributed by atoms with Crippen molar-refractivity contribution in [2.45, 2.75) is 12.5 Å². The molecule has 0 saturated heterocycles. The number of benzene rings is 2. The molecule has 4 aromatic rings. The lowest BCUT2D eigenvalue weighted by Crippen LogP contribution is -2.16. The number of aliphatic hydroxyl groups is 1. The molecule has 3 N–H and O–H groups in total. The molecule has 4 rings (SSSR count). The number of aliphatic hydroxyl groups excluding tert-OH is 1. The van der Waals surface area contributed by atoms with Crippen molar-refractivity contribution in [2.75, 3.05) is 19.5 Å². The Balaban J connectivity index is 1.79. The van der Waals surface area contributed by atoms with Crippen LogP contribution in [0.25, 0.3) is 22.2 Å². The predicted octanol–water partition coefficient (Wildman–Crippen LogP) is 3.47. The number of hydrogen-bond acceptors (Lipinski definition) is 5. The fraction of sp³-hybridized carbons (Fsp3) is 0.182. The second-order valence-corrected chi connectivity index (χ2v) is 6.66. The van der Waals surface area contributed by atoms with Crippen LogP contribution in [0.5, 0.6) is 5.75 Å². The van der Waals surface area contributed by atoms with Gasteiger partial charge in [-0.3, -0.25) is 0 Å². The van der Waals surface area contributed by atoms with Crippen LogP contribution in [0.1, 0.15) is 11.6 Å². The Hall–Kier alpha value is -3.38. The molecule has 2 aromatic heterocycles. The normalized spacial score (nSPS) is 12.2. The molecule has 1 atom stereocenters. The van der Waals surface area contributed by atoms with Gasteiger partial charge in [0.2, 0.25) is 0 Å². The Morgan fingerprint density at radius 3 is 2.50 bits per heavy atom. The Kier molecular flexibility index (Phi) is 4.95. The zero-order chi connectivity index (χ0) is 19.5. The maximum Gasteiger partial charge on any atom is 0.146 e. The number of nitrogens with zero attached hydrogens (tertiary/aromatic N) is 3. The highest BCUT2D eigenvalue weighted by Crippen LogP contribution is 2.34. The molecule has 6 nitrogen and oxygen atoms in total. The predicted molar refractivity (Wildman–Crippen MR) is 110 cm³/mol. The van der Waals surface area contributed by atoms with Gasteiger partial charge in [-0.15, -0.1) is 0 Å². The van der Waals surface area contributed by atoms with Crippen LogP contribution in [0.4, 0.5) is 5.82 Å². The van der Waals surface area contributed by atoms with E-state index in [1.54, 1.807) is 7.11 Å². The third-order valence-electron chi connectivity index (χ3n) is 4.96. The number of hydrogen-bond donors (Lipinski definition) is 2. The van der Waals surface area contributed by atoms with Crippen LogP contribution < -0.4 is 10.5 Å². The van der Waals surface area contributed by atoms with Crippen molar-refractivity contribution >= 4 is 16.9 Å². The van der Waals surface area contributed by atoms with Crippen molar-refractivity contribution in [3.63, 3.8) is 0 Å². The van der Waals surface area contributed by atoms with Gasteiger partial charge >= 0.3 is 0 Å². The summed E-state index contributed by atoms with van der Waals surface area (Å²) in [5.74, 6) is 1.24. The summed E-state index contributed by atoms with van der Waals surface area (Å²) in [5.41, 5.74) is 10.0. The maximum atomic E-state index is 10.1. The van der Waals surface area contributed by atoms with Crippen LogP contribution in [0.2, 0.25) is 0 Å². The fourth-order valence-electron chi connectivity index (χ4n) is 3.51. The Bertz CT molecular complexity index is 1080. The van der Waals surface area contributed by atoms with Gasteiger partial charge in [-0.05, 0) is 29.7 Å². The summed E-state index contributed by atoms with van der Waals surface area (Å²) in [6.07, 6.45) is 4.13. The molecule has 28 heavy (non-hydrogen) atoms. The molecule has 0 amide bonds. The monoisotopic (exact) mass is 374 g/mol. The van der Waals surface area contributed by atoms with Gasteiger partial charge in [0, 0.05) is 11.8 Å². The highest BCUT2D eigenvalue weighted by atomic mass is 16.5. The van der Waals surface area contributed by atoms with Crippen molar-refractivity contribution in [1.29, 1.82) is 0 Å². The van der Waals surface area contributed by atoms with Crippen molar-refractivity contribution in [2.24, 2.45) is 0 Å². The van der Waals surface area contributed by atoms with Crippen LogP contribution in [0, 0.1) is 0 Å². The summed E-state index contributed by atoms with van der Waals surface area (Å²) >= 11 is 0. The van der Waals surface area contributed by atoms with E-state index in [1.165, 1.54) is 6.33 Å². The molecule has 0 fully saturated rings. The SMILES string of the molecule is COc1ccc(C[C@@H](CO)n2cc(-c3ccccc3)c3c(N)ncnc32)cc1. The largest absolute Gasteiger partial charge is 0.497 e. The average Bonchev–Trinajstić information content (AvgIpc) is 3.14. The summed E-state index contributed by atoms with van der Waals surface area (Å²) in [4.78, 5) is 8.64. The second kappa shape index (κ2) is 7.70. The summed E-state index contributed by atoms with van der Waals surface area (Å²) < 4.78 is 7.22. The number of nitrogens with two attached hydrogens (primary N) is 1. The first kappa shape index (κ1) is 18.0. The van der Waals surface area contributed by atoms with Crippen molar-refractivity contribution in [1.82, 2.24) is 14.5 Å². The molecule has 0 aliphatic rings. The van der Waals surface area contributed by atoms with E-state index in [1.807, 2.05) is 65.4 Å². The summed E-state index contributed by atoms with van der Waals surface area (Å²) in [7, 11) is 1.65. The molecule has 2 heterocycles. The van der Waals surface area contributed by atoms with Gasteiger partial charge in [-0.1, -0.05) is 42.5 Å². The molecule has 6 heteroatoms. The topological polar surface area (TPSA) is 86.2 Å². The first-order valence-electron chi connectivity index (χ1n) is 9.11. The highest BCUT2D eigenvalue weighted by Gasteiger charge is 2.20. The van der Waals surface area contributed by atoms with Crippen LogP contribution in [0.15, 0.2) is 67.1 Å². The van der Waals surface area contributed by atoms with Crippen LogP contribution in [-0.4, -0.2) is 33.4 Å². The standard InChI is InChI=1S/C22H22N4O2/c1-28-18-9-7-15(8-10-18)11-17(13-27)26-12-19(16-5-3-2-4-6-16)20-21(23)24-14-25-22(20)26/h2-10,12,14,17,27H,11,13H2,1H3,(H2,23,24,25)/t17-/m0/s1. The number of anilines is 1. The van der Waals surface area contributed by atoms with Gasteiger partial charge in [-0.25, -0.2) is 9.97 Å². The average molecular weight is 374 g/mol. The zero-order valence-corrected chi connectivity index (χ0v) is 15.6. The second-order valence-electron chi connectivity index (χ2n) is 6.66. The third kappa shape index (κ3) is 3.30. The summed E-state index contributed by atoms with van der Waals surface area (Å²) in [6.45, 7) is -0.0199. The van der Waals surface area contributed by atoms with Gasteiger partial charge in [0.1, 0.15) is 23.5 Å². The zero-order valence-electron chi connectivity index (χ0n) is 15.6. The van der Waals surface area contributed by atoms with Crippen LogP contribution in [0.3, 0.4) is 0 Å².